The van der Waals surface area contributed by atoms with Gasteiger partial charge in [-0.3, -0.25) is 9.78 Å². The minimum Gasteiger partial charge on any atom is -0.464 e. The molecule has 0 aliphatic heterocycles. The Morgan fingerprint density at radius 1 is 1.30 bits per heavy atom. The maximum absolute atomic E-state index is 12.1. The molecule has 1 amide bonds. The Bertz CT molecular complexity index is 786. The van der Waals surface area contributed by atoms with Crippen molar-refractivity contribution in [1.82, 2.24) is 20.1 Å². The first-order valence-corrected chi connectivity index (χ1v) is 6.89. The molecule has 0 spiro atoms. The number of anilines is 1. The summed E-state index contributed by atoms with van der Waals surface area (Å²) in [5.74, 6) is 0.0443. The van der Waals surface area contributed by atoms with Gasteiger partial charge in [-0.15, -0.1) is 0 Å². The van der Waals surface area contributed by atoms with E-state index in [-0.39, 0.29) is 11.7 Å². The van der Waals surface area contributed by atoms with E-state index < -0.39 is 5.91 Å². The lowest BCUT2D eigenvalue weighted by Gasteiger charge is -2.03. The average Bonchev–Trinajstić information content (AvgIpc) is 3.08. The van der Waals surface area contributed by atoms with Crippen LogP contribution in [0.3, 0.4) is 0 Å². The van der Waals surface area contributed by atoms with Crippen LogP contribution in [0.4, 0.5) is 5.69 Å². The number of hydrogen-bond acceptors (Lipinski definition) is 7. The molecular formula is C15H13N5O3. The summed E-state index contributed by atoms with van der Waals surface area (Å²) >= 11 is 0. The highest BCUT2D eigenvalue weighted by Gasteiger charge is 2.14. The van der Waals surface area contributed by atoms with Crippen LogP contribution in [0.5, 0.6) is 6.01 Å². The van der Waals surface area contributed by atoms with E-state index in [1.165, 1.54) is 12.4 Å². The van der Waals surface area contributed by atoms with Crippen LogP contribution in [-0.4, -0.2) is 32.6 Å². The molecule has 3 aromatic heterocycles. The van der Waals surface area contributed by atoms with E-state index in [0.717, 1.165) is 5.56 Å². The molecule has 3 rings (SSSR count). The second-order valence-corrected chi connectivity index (χ2v) is 4.46. The average molecular weight is 311 g/mol. The fourth-order valence-electron chi connectivity index (χ4n) is 1.81. The first kappa shape index (κ1) is 14.6. The molecule has 8 heteroatoms. The highest BCUT2D eigenvalue weighted by molar-refractivity contribution is 6.03. The Hall–Kier alpha value is -3.29. The normalized spacial score (nSPS) is 10.3. The summed E-state index contributed by atoms with van der Waals surface area (Å²) < 4.78 is 10.3. The van der Waals surface area contributed by atoms with Crippen molar-refractivity contribution in [2.75, 3.05) is 11.9 Å². The molecule has 0 atom stereocenters. The molecule has 0 unspecified atom stereocenters. The van der Waals surface area contributed by atoms with E-state index >= 15 is 0 Å². The Morgan fingerprint density at radius 3 is 2.83 bits per heavy atom. The largest absolute Gasteiger partial charge is 0.464 e. The van der Waals surface area contributed by atoms with Crippen molar-refractivity contribution in [3.8, 4) is 17.3 Å². The highest BCUT2D eigenvalue weighted by Crippen LogP contribution is 2.19. The van der Waals surface area contributed by atoms with E-state index in [9.17, 15) is 4.79 Å². The number of carbonyl (C=O) groups is 1. The number of pyridine rings is 1. The fraction of sp³-hybridized carbons (Fsp3) is 0.133. The monoisotopic (exact) mass is 311 g/mol. The summed E-state index contributed by atoms with van der Waals surface area (Å²) in [5, 5.41) is 6.39. The second kappa shape index (κ2) is 6.65. The zero-order valence-corrected chi connectivity index (χ0v) is 12.3. The van der Waals surface area contributed by atoms with Crippen LogP contribution in [0.2, 0.25) is 0 Å². The van der Waals surface area contributed by atoms with Gasteiger partial charge in [0.05, 0.1) is 24.7 Å². The van der Waals surface area contributed by atoms with E-state index in [1.807, 2.05) is 13.0 Å². The lowest BCUT2D eigenvalue weighted by molar-refractivity contribution is 0.101. The number of nitrogens with one attached hydrogen (secondary N) is 1. The van der Waals surface area contributed by atoms with Crippen LogP contribution in [0.15, 0.2) is 47.5 Å². The standard InChI is InChI=1S/C15H13N5O3/c1-2-22-15-17-8-11(9-18-15)19-14(21)12-6-13(23-20-12)10-4-3-5-16-7-10/h3-9H,2H2,1H3,(H,19,21). The highest BCUT2D eigenvalue weighted by atomic mass is 16.5. The van der Waals surface area contributed by atoms with E-state index in [0.29, 0.717) is 18.1 Å². The lowest BCUT2D eigenvalue weighted by Crippen LogP contribution is -2.12. The van der Waals surface area contributed by atoms with Gasteiger partial charge >= 0.3 is 6.01 Å². The van der Waals surface area contributed by atoms with Crippen molar-refractivity contribution in [2.45, 2.75) is 6.92 Å². The van der Waals surface area contributed by atoms with Gasteiger partial charge in [0.2, 0.25) is 0 Å². The third kappa shape index (κ3) is 3.49. The number of rotatable bonds is 5. The summed E-state index contributed by atoms with van der Waals surface area (Å²) in [4.78, 5) is 24.1. The van der Waals surface area contributed by atoms with Gasteiger partial charge in [-0.05, 0) is 19.1 Å². The smallest absolute Gasteiger partial charge is 0.316 e. The molecule has 0 aliphatic carbocycles. The summed E-state index contributed by atoms with van der Waals surface area (Å²) in [7, 11) is 0. The fourth-order valence-corrected chi connectivity index (χ4v) is 1.81. The predicted molar refractivity (Wildman–Crippen MR) is 80.9 cm³/mol. The zero-order chi connectivity index (χ0) is 16.1. The molecule has 23 heavy (non-hydrogen) atoms. The van der Waals surface area contributed by atoms with Crippen molar-refractivity contribution in [1.29, 1.82) is 0 Å². The molecule has 3 heterocycles. The predicted octanol–water partition coefficient (Wildman–Crippen LogP) is 2.18. The van der Waals surface area contributed by atoms with Crippen LogP contribution in [0.25, 0.3) is 11.3 Å². The topological polar surface area (TPSA) is 103 Å². The van der Waals surface area contributed by atoms with Gasteiger partial charge < -0.3 is 14.6 Å². The molecular weight excluding hydrogens is 298 g/mol. The Morgan fingerprint density at radius 2 is 2.13 bits per heavy atom. The maximum atomic E-state index is 12.1. The van der Waals surface area contributed by atoms with Gasteiger partial charge in [0.25, 0.3) is 5.91 Å². The van der Waals surface area contributed by atoms with E-state index in [1.54, 1.807) is 24.5 Å². The number of ether oxygens (including phenoxy) is 1. The van der Waals surface area contributed by atoms with Gasteiger partial charge in [0.15, 0.2) is 11.5 Å². The van der Waals surface area contributed by atoms with Gasteiger partial charge in [-0.1, -0.05) is 5.16 Å². The summed E-state index contributed by atoms with van der Waals surface area (Å²) in [6, 6.07) is 5.39. The van der Waals surface area contributed by atoms with Crippen LogP contribution in [0.1, 0.15) is 17.4 Å². The molecule has 0 saturated heterocycles. The first-order valence-electron chi connectivity index (χ1n) is 6.89. The molecule has 1 N–H and O–H groups in total. The minimum absolute atomic E-state index is 0.151. The molecule has 116 valence electrons. The molecule has 0 aromatic carbocycles. The zero-order valence-electron chi connectivity index (χ0n) is 12.3. The summed E-state index contributed by atoms with van der Waals surface area (Å²) in [6.45, 7) is 2.31. The molecule has 0 radical (unpaired) electrons. The lowest BCUT2D eigenvalue weighted by atomic mass is 10.2. The number of aromatic nitrogens is 4. The van der Waals surface area contributed by atoms with Crippen molar-refractivity contribution in [2.24, 2.45) is 0 Å². The molecule has 0 saturated carbocycles. The van der Waals surface area contributed by atoms with Crippen LogP contribution < -0.4 is 10.1 Å². The SMILES string of the molecule is CCOc1ncc(NC(=O)c2cc(-c3cccnc3)on2)cn1. The Kier molecular flexibility index (Phi) is 4.23. The molecule has 0 fully saturated rings. The number of nitrogens with zero attached hydrogens (tertiary/aromatic N) is 4. The quantitative estimate of drug-likeness (QED) is 0.770. The maximum Gasteiger partial charge on any atom is 0.316 e. The minimum atomic E-state index is -0.420. The molecule has 0 bridgehead atoms. The summed E-state index contributed by atoms with van der Waals surface area (Å²) in [6.07, 6.45) is 6.19. The molecule has 3 aromatic rings. The van der Waals surface area contributed by atoms with Crippen LogP contribution in [0, 0.1) is 0 Å². The number of carbonyl (C=O) groups excluding carboxylic acids is 1. The van der Waals surface area contributed by atoms with Crippen molar-refractivity contribution < 1.29 is 14.1 Å². The van der Waals surface area contributed by atoms with E-state index in [2.05, 4.69) is 25.4 Å². The van der Waals surface area contributed by atoms with Crippen LogP contribution in [-0.2, 0) is 0 Å². The van der Waals surface area contributed by atoms with Crippen molar-refractivity contribution in [3.05, 3.63) is 48.7 Å². The van der Waals surface area contributed by atoms with Crippen molar-refractivity contribution >= 4 is 11.6 Å². The van der Waals surface area contributed by atoms with Gasteiger partial charge in [0.1, 0.15) is 0 Å². The van der Waals surface area contributed by atoms with Gasteiger partial charge in [0, 0.05) is 24.0 Å². The third-order valence-corrected chi connectivity index (χ3v) is 2.85. The first-order chi connectivity index (χ1) is 11.3. The van der Waals surface area contributed by atoms with Gasteiger partial charge in [-0.25, -0.2) is 9.97 Å². The molecule has 8 nitrogen and oxygen atoms in total. The summed E-state index contributed by atoms with van der Waals surface area (Å²) in [5.41, 5.74) is 1.32. The second-order valence-electron chi connectivity index (χ2n) is 4.46. The Labute approximate surface area is 131 Å². The van der Waals surface area contributed by atoms with Crippen molar-refractivity contribution in [3.63, 3.8) is 0 Å². The number of amides is 1. The third-order valence-electron chi connectivity index (χ3n) is 2.85. The van der Waals surface area contributed by atoms with Gasteiger partial charge in [-0.2, -0.15) is 0 Å². The Balaban J connectivity index is 1.70. The van der Waals surface area contributed by atoms with Crippen LogP contribution >= 0.6 is 0 Å². The number of hydrogen-bond donors (Lipinski definition) is 1. The molecule has 0 aliphatic rings. The van der Waals surface area contributed by atoms with E-state index in [4.69, 9.17) is 9.26 Å².